The van der Waals surface area contributed by atoms with Crippen molar-refractivity contribution in [2.24, 2.45) is 9.98 Å². The fraction of sp³-hybridized carbons (Fsp3) is 0.0319. The molecule has 8 nitrogen and oxygen atoms in total. The lowest BCUT2D eigenvalue weighted by Gasteiger charge is -2.17. The van der Waals surface area contributed by atoms with Gasteiger partial charge in [-0.2, -0.15) is 0 Å². The van der Waals surface area contributed by atoms with Gasteiger partial charge in [0, 0.05) is 66.2 Å². The van der Waals surface area contributed by atoms with Crippen LogP contribution in [-0.4, -0.2) is 36.5 Å². The van der Waals surface area contributed by atoms with Crippen LogP contribution in [0.15, 0.2) is 336 Å². The fourth-order valence-electron chi connectivity index (χ4n) is 15.3. The monoisotopic (exact) mass is 1300 g/mol. The van der Waals surface area contributed by atoms with Crippen LogP contribution in [0.4, 0.5) is 0 Å². The highest BCUT2D eigenvalue weighted by Crippen LogP contribution is 2.41. The number of allylic oxidation sites excluding steroid dienone is 1. The molecular weight excluding hydrogens is 1240 g/mol. The van der Waals surface area contributed by atoms with Gasteiger partial charge in [-0.05, 0) is 179 Å². The third-order valence-electron chi connectivity index (χ3n) is 20.6. The average Bonchev–Trinajstić information content (AvgIpc) is 1.08. The lowest BCUT2D eigenvalue weighted by atomic mass is 9.94. The van der Waals surface area contributed by atoms with Gasteiger partial charge in [-0.15, -0.1) is 0 Å². The number of amidine groups is 1. The number of para-hydroxylation sites is 1. The Morgan fingerprint density at radius 1 is 0.294 bits per heavy atom. The van der Waals surface area contributed by atoms with Crippen LogP contribution in [0.3, 0.4) is 0 Å². The molecule has 4 aromatic heterocycles. The van der Waals surface area contributed by atoms with Gasteiger partial charge in [-0.1, -0.05) is 243 Å². The van der Waals surface area contributed by atoms with E-state index in [9.17, 15) is 0 Å². The largest absolute Gasteiger partial charge is 0.456 e. The molecule has 0 spiro atoms. The van der Waals surface area contributed by atoms with E-state index in [0.29, 0.717) is 23.3 Å². The molecule has 1 aliphatic heterocycles. The van der Waals surface area contributed by atoms with Crippen LogP contribution in [0.2, 0.25) is 0 Å². The molecule has 0 radical (unpaired) electrons. The topological polar surface area (TPSA) is 102 Å². The second kappa shape index (κ2) is 23.9. The maximum atomic E-state index is 6.40. The maximum absolute atomic E-state index is 6.40. The van der Waals surface area contributed by atoms with E-state index in [-0.39, 0.29) is 0 Å². The summed E-state index contributed by atoms with van der Waals surface area (Å²) in [7, 11) is 0. The van der Waals surface area contributed by atoms with Crippen molar-refractivity contribution in [2.45, 2.75) is 19.8 Å². The lowest BCUT2D eigenvalue weighted by Crippen LogP contribution is -2.12. The van der Waals surface area contributed by atoms with Gasteiger partial charge in [-0.3, -0.25) is 4.98 Å². The first-order chi connectivity index (χ1) is 50.4. The zero-order valence-corrected chi connectivity index (χ0v) is 55.5. The third kappa shape index (κ3) is 10.3. The lowest BCUT2D eigenvalue weighted by molar-refractivity contribution is 0.669. The standard InChI is InChI=1S/C94H59N7O/c1-56-25-46-81(97-94(98-89(56)62-32-26-58(27-33-62)57-13-3-2-4-14-57)83-48-44-63-34-31-61-30-28-60-16-6-8-20-77(60)87(61)90(63)96-83)72-41-39-68-50-66(35-37-70(68)52-72)64-17-11-18-65(49-64)67-36-38-71-53-73(42-40-69(71)51-67)91-99-92(101-93(100-91)79-22-12-24-85-88(79)78-21-9-10-23-84(78)102-85)74-45-47-82-80(54-74)86-75(55-95-82)43-29-59-15-5-7-19-76(59)86/h2-24,26-45,47-55H,25,46H2,1H3/b89-56+,97-81+,98-94-. The Kier molecular flexibility index (Phi) is 13.8. The normalized spacial score (nSPS) is 14.7. The highest BCUT2D eigenvalue weighted by molar-refractivity contribution is 6.22. The Labute approximate surface area is 586 Å². The second-order valence-corrected chi connectivity index (χ2v) is 26.7. The van der Waals surface area contributed by atoms with Gasteiger partial charge >= 0.3 is 0 Å². The van der Waals surface area contributed by atoms with E-state index in [2.05, 4.69) is 286 Å². The molecule has 15 aromatic carbocycles. The van der Waals surface area contributed by atoms with Crippen molar-refractivity contribution in [3.05, 3.63) is 338 Å². The van der Waals surface area contributed by atoms with Crippen LogP contribution < -0.4 is 0 Å². The van der Waals surface area contributed by atoms with Gasteiger partial charge in [0.25, 0.3) is 0 Å². The van der Waals surface area contributed by atoms with E-state index in [4.69, 9.17) is 39.3 Å². The molecule has 19 aromatic rings. The first kappa shape index (κ1) is 58.7. The van der Waals surface area contributed by atoms with Crippen molar-refractivity contribution in [1.29, 1.82) is 0 Å². The minimum absolute atomic E-state index is 0.563. The van der Waals surface area contributed by atoms with E-state index in [1.165, 1.54) is 32.7 Å². The van der Waals surface area contributed by atoms with Crippen molar-refractivity contribution < 1.29 is 4.42 Å². The minimum atomic E-state index is 0.563. The molecule has 5 heterocycles. The molecule has 0 fully saturated rings. The van der Waals surface area contributed by atoms with E-state index >= 15 is 0 Å². The number of aliphatic imine (C=N–C) groups is 2. The SMILES string of the molecule is C\C1=C(c2ccc(-c3ccccc3)cc2)/N=C(c2ccc3ccc4ccc5ccccc5c4c3n2)\N=C(\c2ccc3cc(-c4cccc(-c5ccc6cc(-c7nc(-c8ccc9ncc%10ccc%11ccccc%11c%10c9c8)nc(-c8cccc9oc%10ccccc%10c89)n7)ccc6c5)c4)ccc3c2)CC1. The minimum Gasteiger partial charge on any atom is -0.456 e. The summed E-state index contributed by atoms with van der Waals surface area (Å²) in [6, 6.07) is 110. The molecular formula is C94H59N7O. The van der Waals surface area contributed by atoms with Gasteiger partial charge in [0.1, 0.15) is 16.9 Å². The highest BCUT2D eigenvalue weighted by atomic mass is 16.3. The van der Waals surface area contributed by atoms with Crippen LogP contribution in [0.25, 0.3) is 182 Å². The van der Waals surface area contributed by atoms with Crippen molar-refractivity contribution in [3.8, 4) is 67.5 Å². The molecule has 0 atom stereocenters. The summed E-state index contributed by atoms with van der Waals surface area (Å²) >= 11 is 0. The number of benzene rings is 15. The first-order valence-corrected chi connectivity index (χ1v) is 34.7. The molecule has 8 heteroatoms. The van der Waals surface area contributed by atoms with Gasteiger partial charge in [0.05, 0.1) is 22.4 Å². The van der Waals surface area contributed by atoms with Gasteiger partial charge in [0.2, 0.25) is 0 Å². The number of hydrogen-bond acceptors (Lipinski definition) is 8. The van der Waals surface area contributed by atoms with Crippen LogP contribution in [0.1, 0.15) is 36.6 Å². The van der Waals surface area contributed by atoms with Crippen molar-refractivity contribution in [3.63, 3.8) is 0 Å². The Hall–Kier alpha value is -13.4. The number of fused-ring (bicyclic) bond motifs is 15. The molecule has 0 aliphatic carbocycles. The molecule has 0 saturated carbocycles. The van der Waals surface area contributed by atoms with E-state index < -0.39 is 0 Å². The average molecular weight is 1300 g/mol. The molecule has 0 N–H and O–H groups in total. The summed E-state index contributed by atoms with van der Waals surface area (Å²) in [6.07, 6.45) is 3.50. The summed E-state index contributed by atoms with van der Waals surface area (Å²) in [4.78, 5) is 37.5. The van der Waals surface area contributed by atoms with E-state index in [0.717, 1.165) is 172 Å². The quantitative estimate of drug-likeness (QED) is 0.133. The Bertz CT molecular complexity index is 6820. The molecule has 0 amide bonds. The predicted molar refractivity (Wildman–Crippen MR) is 423 cm³/mol. The summed E-state index contributed by atoms with van der Waals surface area (Å²) in [5.74, 6) is 2.30. The van der Waals surface area contributed by atoms with Crippen molar-refractivity contribution in [2.75, 3.05) is 0 Å². The van der Waals surface area contributed by atoms with E-state index in [1.54, 1.807) is 0 Å². The van der Waals surface area contributed by atoms with Gasteiger partial charge in [0.15, 0.2) is 23.3 Å². The number of aromatic nitrogens is 5. The summed E-state index contributed by atoms with van der Waals surface area (Å²) in [6.45, 7) is 2.22. The van der Waals surface area contributed by atoms with E-state index in [1.807, 2.05) is 36.5 Å². The van der Waals surface area contributed by atoms with Crippen LogP contribution in [0.5, 0.6) is 0 Å². The number of nitrogens with zero attached hydrogens (tertiary/aromatic N) is 7. The fourth-order valence-corrected chi connectivity index (χ4v) is 15.3. The van der Waals surface area contributed by atoms with Crippen LogP contribution >= 0.6 is 0 Å². The molecule has 20 rings (SSSR count). The highest BCUT2D eigenvalue weighted by Gasteiger charge is 2.22. The smallest absolute Gasteiger partial charge is 0.178 e. The Morgan fingerprint density at radius 3 is 1.55 bits per heavy atom. The third-order valence-corrected chi connectivity index (χ3v) is 20.6. The second-order valence-electron chi connectivity index (χ2n) is 26.7. The zero-order valence-electron chi connectivity index (χ0n) is 55.5. The number of furan rings is 1. The van der Waals surface area contributed by atoms with Crippen molar-refractivity contribution in [1.82, 2.24) is 24.9 Å². The first-order valence-electron chi connectivity index (χ1n) is 34.7. The number of rotatable bonds is 9. The maximum Gasteiger partial charge on any atom is 0.178 e. The zero-order chi connectivity index (χ0) is 67.4. The molecule has 0 bridgehead atoms. The molecule has 1 aliphatic rings. The Morgan fingerprint density at radius 2 is 0.804 bits per heavy atom. The van der Waals surface area contributed by atoms with Crippen molar-refractivity contribution >= 4 is 126 Å². The summed E-state index contributed by atoms with van der Waals surface area (Å²) in [5, 5.41) is 17.8. The molecule has 0 saturated heterocycles. The van der Waals surface area contributed by atoms with Gasteiger partial charge < -0.3 is 4.42 Å². The number of pyridine rings is 2. The van der Waals surface area contributed by atoms with Crippen LogP contribution in [0, 0.1) is 0 Å². The molecule has 0 unspecified atom stereocenters. The molecule has 476 valence electrons. The molecule has 102 heavy (non-hydrogen) atoms. The number of hydrogen-bond donors (Lipinski definition) is 0. The van der Waals surface area contributed by atoms with Crippen LogP contribution in [-0.2, 0) is 0 Å². The predicted octanol–water partition coefficient (Wildman–Crippen LogP) is 24.2. The summed E-state index contributed by atoms with van der Waals surface area (Å²) in [5.41, 5.74) is 18.9. The Balaban J connectivity index is 0.629. The summed E-state index contributed by atoms with van der Waals surface area (Å²) < 4.78 is 6.40. The van der Waals surface area contributed by atoms with Gasteiger partial charge in [-0.25, -0.2) is 29.9 Å².